The van der Waals surface area contributed by atoms with Gasteiger partial charge in [-0.05, 0) is 43.2 Å². The lowest BCUT2D eigenvalue weighted by molar-refractivity contribution is 0.136. The van der Waals surface area contributed by atoms with Gasteiger partial charge in [-0.3, -0.25) is 4.90 Å². The van der Waals surface area contributed by atoms with Crippen molar-refractivity contribution < 1.29 is 9.53 Å². The van der Waals surface area contributed by atoms with E-state index in [9.17, 15) is 10.1 Å². The number of rotatable bonds is 4. The van der Waals surface area contributed by atoms with Crippen LogP contribution in [-0.4, -0.2) is 47.8 Å². The van der Waals surface area contributed by atoms with Crippen molar-refractivity contribution in [2.45, 2.75) is 25.5 Å². The van der Waals surface area contributed by atoms with Crippen LogP contribution in [0, 0.1) is 18.3 Å². The van der Waals surface area contributed by atoms with Gasteiger partial charge in [-0.2, -0.15) is 5.26 Å². The minimum Gasteiger partial charge on any atom is -0.442 e. The normalized spacial score (nSPS) is 21.1. The van der Waals surface area contributed by atoms with Gasteiger partial charge < -0.3 is 9.64 Å². The van der Waals surface area contributed by atoms with Gasteiger partial charge in [0.25, 0.3) is 0 Å². The first-order valence-corrected chi connectivity index (χ1v) is 9.27. The second-order valence-electron chi connectivity index (χ2n) is 6.90. The molecule has 2 saturated heterocycles. The molecule has 2 atom stereocenters. The van der Waals surface area contributed by atoms with Crippen molar-refractivity contribution in [1.82, 2.24) is 9.88 Å². The van der Waals surface area contributed by atoms with E-state index >= 15 is 0 Å². The van der Waals surface area contributed by atoms with Gasteiger partial charge in [0.05, 0.1) is 18.2 Å². The fourth-order valence-corrected chi connectivity index (χ4v) is 3.96. The molecule has 2 aromatic rings. The van der Waals surface area contributed by atoms with Crippen molar-refractivity contribution in [3.8, 4) is 6.07 Å². The van der Waals surface area contributed by atoms with Gasteiger partial charge in [0, 0.05) is 23.8 Å². The van der Waals surface area contributed by atoms with Crippen molar-refractivity contribution in [2.24, 2.45) is 0 Å². The second-order valence-corrected chi connectivity index (χ2v) is 7.34. The Balaban J connectivity index is 1.49. The lowest BCUT2D eigenvalue weighted by Crippen LogP contribution is -2.39. The van der Waals surface area contributed by atoms with Crippen LogP contribution in [0.4, 0.5) is 10.6 Å². The third-order valence-electron chi connectivity index (χ3n) is 5.09. The predicted octanol–water partition coefficient (Wildman–Crippen LogP) is 3.17. The van der Waals surface area contributed by atoms with Gasteiger partial charge in [-0.1, -0.05) is 23.7 Å². The summed E-state index contributed by atoms with van der Waals surface area (Å²) in [5.41, 5.74) is 2.48. The van der Waals surface area contributed by atoms with Crippen LogP contribution in [0.15, 0.2) is 36.4 Å². The molecule has 1 aromatic carbocycles. The summed E-state index contributed by atoms with van der Waals surface area (Å²) in [6, 6.07) is 13.4. The molecule has 2 aliphatic heterocycles. The summed E-state index contributed by atoms with van der Waals surface area (Å²) in [5, 5.41) is 10.1. The van der Waals surface area contributed by atoms with Crippen LogP contribution in [0.25, 0.3) is 0 Å². The number of carbonyl (C=O) groups excluding carboxylic acids is 1. The number of nitrogens with zero attached hydrogens (tertiary/aromatic N) is 4. The average molecular weight is 383 g/mol. The summed E-state index contributed by atoms with van der Waals surface area (Å²) in [5.74, 6) is 0.665. The molecule has 4 rings (SSSR count). The number of anilines is 1. The summed E-state index contributed by atoms with van der Waals surface area (Å²) >= 11 is 6.04. The van der Waals surface area contributed by atoms with E-state index < -0.39 is 0 Å². The van der Waals surface area contributed by atoms with E-state index in [1.54, 1.807) is 11.0 Å². The number of carbonyl (C=O) groups is 1. The molecular formula is C20H19ClN4O2. The Labute approximate surface area is 162 Å². The van der Waals surface area contributed by atoms with Gasteiger partial charge in [0.15, 0.2) is 0 Å². The second kappa shape index (κ2) is 7.09. The van der Waals surface area contributed by atoms with Crippen LogP contribution in [-0.2, 0) is 11.2 Å². The average Bonchev–Trinajstić information content (AvgIpc) is 3.17. The van der Waals surface area contributed by atoms with Crippen molar-refractivity contribution >= 4 is 23.5 Å². The van der Waals surface area contributed by atoms with Crippen molar-refractivity contribution in [3.05, 3.63) is 58.2 Å². The highest BCUT2D eigenvalue weighted by Crippen LogP contribution is 2.31. The van der Waals surface area contributed by atoms with E-state index in [-0.39, 0.29) is 18.2 Å². The maximum absolute atomic E-state index is 12.3. The molecule has 2 fully saturated rings. The van der Waals surface area contributed by atoms with Crippen LogP contribution in [0.1, 0.15) is 16.8 Å². The molecule has 2 aliphatic rings. The molecule has 27 heavy (non-hydrogen) atoms. The molecule has 0 aliphatic carbocycles. The SMILES string of the molecule is Cc1ccc(C#N)c(N2C[C@H]3OC(=O)N(CCc4cccc(Cl)c4)[C@H]3C2)n1. The minimum atomic E-state index is -0.274. The molecular weight excluding hydrogens is 364 g/mol. The molecule has 138 valence electrons. The van der Waals surface area contributed by atoms with E-state index in [2.05, 4.69) is 11.1 Å². The van der Waals surface area contributed by atoms with Gasteiger partial charge in [-0.25, -0.2) is 9.78 Å². The van der Waals surface area contributed by atoms with Crippen molar-refractivity contribution in [1.29, 1.82) is 5.26 Å². The number of nitriles is 1. The number of aromatic nitrogens is 1. The summed E-state index contributed by atoms with van der Waals surface area (Å²) in [6.07, 6.45) is 0.237. The first-order valence-electron chi connectivity index (χ1n) is 8.89. The number of ether oxygens (including phenoxy) is 1. The molecule has 0 unspecified atom stereocenters. The van der Waals surface area contributed by atoms with Gasteiger partial charge in [-0.15, -0.1) is 0 Å². The predicted molar refractivity (Wildman–Crippen MR) is 102 cm³/mol. The molecule has 7 heteroatoms. The molecule has 0 bridgehead atoms. The summed E-state index contributed by atoms with van der Waals surface area (Å²) < 4.78 is 5.57. The van der Waals surface area contributed by atoms with Crippen LogP contribution < -0.4 is 4.90 Å². The summed E-state index contributed by atoms with van der Waals surface area (Å²) in [4.78, 5) is 20.6. The topological polar surface area (TPSA) is 69.5 Å². The number of pyridine rings is 1. The first-order chi connectivity index (χ1) is 13.0. The van der Waals surface area contributed by atoms with E-state index in [0.29, 0.717) is 42.5 Å². The summed E-state index contributed by atoms with van der Waals surface area (Å²) in [6.45, 7) is 3.63. The van der Waals surface area contributed by atoms with Crippen molar-refractivity contribution in [2.75, 3.05) is 24.5 Å². The number of amides is 1. The van der Waals surface area contributed by atoms with Gasteiger partial charge in [0.2, 0.25) is 0 Å². The highest BCUT2D eigenvalue weighted by molar-refractivity contribution is 6.30. The first kappa shape index (κ1) is 17.6. The van der Waals surface area contributed by atoms with E-state index in [0.717, 1.165) is 11.3 Å². The number of aryl methyl sites for hydroxylation is 1. The molecule has 0 saturated carbocycles. The fraction of sp³-hybridized carbons (Fsp3) is 0.350. The van der Waals surface area contributed by atoms with E-state index in [1.807, 2.05) is 42.2 Å². The van der Waals surface area contributed by atoms with Gasteiger partial charge >= 0.3 is 6.09 Å². The Morgan fingerprint density at radius 3 is 2.96 bits per heavy atom. The van der Waals surface area contributed by atoms with Crippen molar-refractivity contribution in [3.63, 3.8) is 0 Å². The highest BCUT2D eigenvalue weighted by Gasteiger charge is 2.48. The van der Waals surface area contributed by atoms with Crippen LogP contribution in [0.3, 0.4) is 0 Å². The lowest BCUT2D eigenvalue weighted by atomic mass is 10.1. The highest BCUT2D eigenvalue weighted by atomic mass is 35.5. The fourth-order valence-electron chi connectivity index (χ4n) is 3.75. The number of hydrogen-bond donors (Lipinski definition) is 0. The van der Waals surface area contributed by atoms with Crippen LogP contribution in [0.5, 0.6) is 0 Å². The molecule has 0 N–H and O–H groups in total. The minimum absolute atomic E-state index is 0.0365. The van der Waals surface area contributed by atoms with Crippen LogP contribution >= 0.6 is 11.6 Å². The molecule has 3 heterocycles. The molecule has 1 aromatic heterocycles. The molecule has 1 amide bonds. The summed E-state index contributed by atoms with van der Waals surface area (Å²) in [7, 11) is 0. The number of halogens is 1. The maximum Gasteiger partial charge on any atom is 0.410 e. The Hall–Kier alpha value is -2.78. The Morgan fingerprint density at radius 1 is 1.33 bits per heavy atom. The number of fused-ring (bicyclic) bond motifs is 1. The lowest BCUT2D eigenvalue weighted by Gasteiger charge is -2.23. The standard InChI is InChI=1S/C20H19ClN4O2/c1-13-5-6-15(10-22)19(23-13)24-11-17-18(12-24)27-20(26)25(17)8-7-14-3-2-4-16(21)9-14/h2-6,9,17-18H,7-8,11-12H2,1H3/t17-,18+/m0/s1. The van der Waals surface area contributed by atoms with E-state index in [1.165, 1.54) is 0 Å². The zero-order chi connectivity index (χ0) is 19.0. The third-order valence-corrected chi connectivity index (χ3v) is 5.32. The zero-order valence-corrected chi connectivity index (χ0v) is 15.7. The molecule has 0 spiro atoms. The Morgan fingerprint density at radius 2 is 2.19 bits per heavy atom. The van der Waals surface area contributed by atoms with Crippen LogP contribution in [0.2, 0.25) is 5.02 Å². The van der Waals surface area contributed by atoms with Gasteiger partial charge in [0.1, 0.15) is 18.0 Å². The maximum atomic E-state index is 12.3. The quantitative estimate of drug-likeness (QED) is 0.812. The number of hydrogen-bond acceptors (Lipinski definition) is 5. The molecule has 0 radical (unpaired) electrons. The number of benzene rings is 1. The Kier molecular flexibility index (Phi) is 4.63. The zero-order valence-electron chi connectivity index (χ0n) is 14.9. The molecule has 6 nitrogen and oxygen atoms in total. The third kappa shape index (κ3) is 3.43. The largest absolute Gasteiger partial charge is 0.442 e. The smallest absolute Gasteiger partial charge is 0.410 e. The Bertz CT molecular complexity index is 926. The monoisotopic (exact) mass is 382 g/mol. The van der Waals surface area contributed by atoms with E-state index in [4.69, 9.17) is 16.3 Å².